The van der Waals surface area contributed by atoms with Gasteiger partial charge in [-0.2, -0.15) is 0 Å². The summed E-state index contributed by atoms with van der Waals surface area (Å²) in [6, 6.07) is 8.91. The molecule has 1 aromatic rings. The van der Waals surface area contributed by atoms with Crippen LogP contribution in [0.4, 0.5) is 0 Å². The summed E-state index contributed by atoms with van der Waals surface area (Å²) >= 11 is 0. The average molecular weight is 255 g/mol. The summed E-state index contributed by atoms with van der Waals surface area (Å²) in [6.07, 6.45) is 0.619. The third-order valence-corrected chi connectivity index (χ3v) is 6.13. The van der Waals surface area contributed by atoms with E-state index in [1.165, 1.54) is 0 Å². The van der Waals surface area contributed by atoms with Crippen LogP contribution >= 0.6 is 0 Å². The molecular formula is C13H21NO2S. The van der Waals surface area contributed by atoms with Crippen LogP contribution in [0.25, 0.3) is 0 Å². The first-order valence-electron chi connectivity index (χ1n) is 5.94. The van der Waals surface area contributed by atoms with Crippen LogP contribution in [-0.4, -0.2) is 18.9 Å². The standard InChI is InChI=1S/C13H21NO2S/c1-4-10(2)17(15,16)11(3)13(14)12-8-6-5-7-9-12/h5-11,13H,4,14H2,1-3H3. The fourth-order valence-corrected chi connectivity index (χ4v) is 3.51. The lowest BCUT2D eigenvalue weighted by Gasteiger charge is -2.23. The van der Waals surface area contributed by atoms with E-state index in [1.807, 2.05) is 37.3 Å². The van der Waals surface area contributed by atoms with Crippen LogP contribution in [0.3, 0.4) is 0 Å². The van der Waals surface area contributed by atoms with Crippen molar-refractivity contribution >= 4 is 9.84 Å². The minimum Gasteiger partial charge on any atom is -0.323 e. The molecule has 0 spiro atoms. The minimum atomic E-state index is -3.16. The quantitative estimate of drug-likeness (QED) is 0.878. The molecule has 0 saturated carbocycles. The highest BCUT2D eigenvalue weighted by Crippen LogP contribution is 2.23. The van der Waals surface area contributed by atoms with Crippen LogP contribution < -0.4 is 5.73 Å². The predicted molar refractivity (Wildman–Crippen MR) is 71.5 cm³/mol. The topological polar surface area (TPSA) is 60.2 Å². The van der Waals surface area contributed by atoms with Crippen molar-refractivity contribution in [3.63, 3.8) is 0 Å². The first-order valence-corrected chi connectivity index (χ1v) is 7.55. The monoisotopic (exact) mass is 255 g/mol. The van der Waals surface area contributed by atoms with E-state index in [2.05, 4.69) is 0 Å². The Hall–Kier alpha value is -0.870. The Morgan fingerprint density at radius 2 is 1.71 bits per heavy atom. The molecule has 2 N–H and O–H groups in total. The molecule has 4 heteroatoms. The minimum absolute atomic E-state index is 0.340. The van der Waals surface area contributed by atoms with E-state index >= 15 is 0 Å². The van der Waals surface area contributed by atoms with Gasteiger partial charge in [-0.25, -0.2) is 8.42 Å². The molecule has 3 atom stereocenters. The molecule has 0 bridgehead atoms. The van der Waals surface area contributed by atoms with Crippen molar-refractivity contribution in [2.24, 2.45) is 5.73 Å². The fraction of sp³-hybridized carbons (Fsp3) is 0.538. The normalized spacial score (nSPS) is 17.4. The molecule has 1 aromatic carbocycles. The van der Waals surface area contributed by atoms with E-state index in [-0.39, 0.29) is 5.25 Å². The average Bonchev–Trinajstić information content (AvgIpc) is 2.36. The van der Waals surface area contributed by atoms with Gasteiger partial charge in [-0.05, 0) is 25.8 Å². The van der Waals surface area contributed by atoms with Crippen molar-refractivity contribution in [2.45, 2.75) is 43.7 Å². The molecule has 0 heterocycles. The number of rotatable bonds is 5. The van der Waals surface area contributed by atoms with E-state index < -0.39 is 21.1 Å². The van der Waals surface area contributed by atoms with Crippen LogP contribution in [0.5, 0.6) is 0 Å². The van der Waals surface area contributed by atoms with Gasteiger partial charge in [0.15, 0.2) is 9.84 Å². The fourth-order valence-electron chi connectivity index (χ4n) is 1.75. The van der Waals surface area contributed by atoms with E-state index in [9.17, 15) is 8.42 Å². The van der Waals surface area contributed by atoms with Crippen molar-refractivity contribution in [2.75, 3.05) is 0 Å². The van der Waals surface area contributed by atoms with Crippen molar-refractivity contribution in [1.82, 2.24) is 0 Å². The second-order valence-corrected chi connectivity index (χ2v) is 7.18. The van der Waals surface area contributed by atoms with Crippen molar-refractivity contribution in [3.8, 4) is 0 Å². The van der Waals surface area contributed by atoms with Crippen molar-refractivity contribution < 1.29 is 8.42 Å². The Bertz CT molecular complexity index is 442. The molecule has 0 aliphatic carbocycles. The third-order valence-electron chi connectivity index (χ3n) is 3.34. The van der Waals surface area contributed by atoms with Crippen LogP contribution in [0, 0.1) is 0 Å². The molecular weight excluding hydrogens is 234 g/mol. The van der Waals surface area contributed by atoms with Crippen LogP contribution in [0.15, 0.2) is 30.3 Å². The zero-order chi connectivity index (χ0) is 13.1. The van der Waals surface area contributed by atoms with Gasteiger partial charge in [0.2, 0.25) is 0 Å². The molecule has 0 aromatic heterocycles. The second-order valence-electron chi connectivity index (χ2n) is 4.45. The Labute approximate surface area is 104 Å². The van der Waals surface area contributed by atoms with E-state index in [4.69, 9.17) is 5.73 Å². The summed E-state index contributed by atoms with van der Waals surface area (Å²) in [6.45, 7) is 5.31. The molecule has 3 unspecified atom stereocenters. The zero-order valence-corrected chi connectivity index (χ0v) is 11.4. The van der Waals surface area contributed by atoms with Crippen molar-refractivity contribution in [3.05, 3.63) is 35.9 Å². The maximum Gasteiger partial charge on any atom is 0.157 e. The highest BCUT2D eigenvalue weighted by atomic mass is 32.2. The highest BCUT2D eigenvalue weighted by Gasteiger charge is 2.31. The summed E-state index contributed by atoms with van der Waals surface area (Å²) in [5.74, 6) is 0. The maximum absolute atomic E-state index is 12.2. The molecule has 1 rings (SSSR count). The lowest BCUT2D eigenvalue weighted by molar-refractivity contribution is 0.550. The second kappa shape index (κ2) is 5.65. The summed E-state index contributed by atoms with van der Waals surface area (Å²) in [4.78, 5) is 0. The van der Waals surface area contributed by atoms with Gasteiger partial charge in [-0.15, -0.1) is 0 Å². The van der Waals surface area contributed by atoms with Crippen LogP contribution in [-0.2, 0) is 9.84 Å². The summed E-state index contributed by atoms with van der Waals surface area (Å²) in [5.41, 5.74) is 6.91. The Morgan fingerprint density at radius 1 is 1.18 bits per heavy atom. The summed E-state index contributed by atoms with van der Waals surface area (Å²) in [5, 5.41) is -0.896. The van der Waals surface area contributed by atoms with Gasteiger partial charge in [-0.1, -0.05) is 37.3 Å². The summed E-state index contributed by atoms with van der Waals surface area (Å²) < 4.78 is 24.4. The Kier molecular flexibility index (Phi) is 4.71. The van der Waals surface area contributed by atoms with Gasteiger partial charge in [0, 0.05) is 6.04 Å². The first kappa shape index (κ1) is 14.2. The van der Waals surface area contributed by atoms with E-state index in [0.717, 1.165) is 5.56 Å². The molecule has 0 fully saturated rings. The molecule has 0 saturated heterocycles. The SMILES string of the molecule is CCC(C)S(=O)(=O)C(C)C(N)c1ccccc1. The van der Waals surface area contributed by atoms with Gasteiger partial charge in [-0.3, -0.25) is 0 Å². The number of sulfone groups is 1. The highest BCUT2D eigenvalue weighted by molar-refractivity contribution is 7.92. The molecule has 0 amide bonds. The molecule has 0 radical (unpaired) electrons. The molecule has 96 valence electrons. The van der Waals surface area contributed by atoms with Gasteiger partial charge >= 0.3 is 0 Å². The smallest absolute Gasteiger partial charge is 0.157 e. The van der Waals surface area contributed by atoms with Crippen LogP contribution in [0.1, 0.15) is 38.8 Å². The molecule has 17 heavy (non-hydrogen) atoms. The van der Waals surface area contributed by atoms with Gasteiger partial charge in [0.1, 0.15) is 0 Å². The predicted octanol–water partition coefficient (Wildman–Crippen LogP) is 2.29. The zero-order valence-electron chi connectivity index (χ0n) is 10.6. The molecule has 0 aliphatic heterocycles. The molecule has 3 nitrogen and oxygen atoms in total. The van der Waals surface area contributed by atoms with Gasteiger partial charge in [0.25, 0.3) is 0 Å². The largest absolute Gasteiger partial charge is 0.323 e. The lowest BCUT2D eigenvalue weighted by Crippen LogP contribution is -2.36. The Morgan fingerprint density at radius 3 is 2.18 bits per heavy atom. The Balaban J connectivity index is 2.95. The third kappa shape index (κ3) is 3.07. The number of benzene rings is 1. The lowest BCUT2D eigenvalue weighted by atomic mass is 10.1. The van der Waals surface area contributed by atoms with E-state index in [0.29, 0.717) is 6.42 Å². The van der Waals surface area contributed by atoms with Crippen LogP contribution in [0.2, 0.25) is 0 Å². The first-order chi connectivity index (χ1) is 7.91. The number of hydrogen-bond acceptors (Lipinski definition) is 3. The van der Waals surface area contributed by atoms with Gasteiger partial charge in [0.05, 0.1) is 10.5 Å². The summed E-state index contributed by atoms with van der Waals surface area (Å²) in [7, 11) is -3.16. The maximum atomic E-state index is 12.2. The number of hydrogen-bond donors (Lipinski definition) is 1. The molecule has 0 aliphatic rings. The number of nitrogens with two attached hydrogens (primary N) is 1. The van der Waals surface area contributed by atoms with Gasteiger partial charge < -0.3 is 5.73 Å². The van der Waals surface area contributed by atoms with Crippen molar-refractivity contribution in [1.29, 1.82) is 0 Å². The van der Waals surface area contributed by atoms with E-state index in [1.54, 1.807) is 13.8 Å².